The number of pyridine rings is 2. The molecule has 0 spiro atoms. The lowest BCUT2D eigenvalue weighted by molar-refractivity contribution is 0.636. The number of rotatable bonds is 4. The number of nitrogens with one attached hydrogen (secondary N) is 1. The number of nitrogens with zero attached hydrogens (tertiary/aromatic N) is 4. The first-order chi connectivity index (χ1) is 12.7. The third-order valence-electron chi connectivity index (χ3n) is 3.80. The Bertz CT molecular complexity index is 1060. The fourth-order valence-electron chi connectivity index (χ4n) is 2.59. The van der Waals surface area contributed by atoms with Gasteiger partial charge in [0.2, 0.25) is 0 Å². The average molecular weight is 410 g/mol. The molecule has 1 N–H and O–H groups in total. The topological polar surface area (TPSA) is 63.6 Å². The van der Waals surface area contributed by atoms with Gasteiger partial charge in [-0.3, -0.25) is 9.97 Å². The fraction of sp³-hybridized carbons (Fsp3) is 0.0526. The highest BCUT2D eigenvalue weighted by Crippen LogP contribution is 2.29. The highest BCUT2D eigenvalue weighted by atomic mass is 79.9. The maximum atomic E-state index is 14.5. The van der Waals surface area contributed by atoms with Crippen molar-refractivity contribution in [1.29, 1.82) is 0 Å². The van der Waals surface area contributed by atoms with Gasteiger partial charge in [-0.1, -0.05) is 22.0 Å². The fourth-order valence-corrected chi connectivity index (χ4v) is 3.02. The van der Waals surface area contributed by atoms with Gasteiger partial charge >= 0.3 is 0 Å². The number of fused-ring (bicyclic) bond motifs is 1. The summed E-state index contributed by atoms with van der Waals surface area (Å²) in [5, 5.41) is 3.84. The largest absolute Gasteiger partial charge is 0.364 e. The van der Waals surface area contributed by atoms with Crippen LogP contribution in [-0.4, -0.2) is 19.9 Å². The monoisotopic (exact) mass is 409 g/mol. The van der Waals surface area contributed by atoms with Crippen LogP contribution in [0.15, 0.2) is 65.5 Å². The first-order valence-electron chi connectivity index (χ1n) is 7.92. The number of anilines is 1. The van der Waals surface area contributed by atoms with E-state index < -0.39 is 5.82 Å². The quantitative estimate of drug-likeness (QED) is 0.533. The number of aromatic nitrogens is 4. The molecule has 0 aliphatic rings. The van der Waals surface area contributed by atoms with Crippen molar-refractivity contribution in [3.63, 3.8) is 0 Å². The molecule has 5 nitrogen and oxygen atoms in total. The molecule has 4 rings (SSSR count). The van der Waals surface area contributed by atoms with Crippen molar-refractivity contribution in [1.82, 2.24) is 19.9 Å². The molecule has 0 amide bonds. The minimum Gasteiger partial charge on any atom is -0.364 e. The van der Waals surface area contributed by atoms with Gasteiger partial charge in [-0.15, -0.1) is 0 Å². The van der Waals surface area contributed by atoms with Crippen LogP contribution < -0.4 is 5.32 Å². The van der Waals surface area contributed by atoms with Crippen LogP contribution in [0.4, 0.5) is 10.2 Å². The summed E-state index contributed by atoms with van der Waals surface area (Å²) in [6.07, 6.45) is 5.05. The van der Waals surface area contributed by atoms with Crippen LogP contribution in [0, 0.1) is 5.82 Å². The molecule has 0 bridgehead atoms. The summed E-state index contributed by atoms with van der Waals surface area (Å²) >= 11 is 3.33. The predicted octanol–water partition coefficient (Wildman–Crippen LogP) is 4.60. The second-order valence-corrected chi connectivity index (χ2v) is 6.51. The van der Waals surface area contributed by atoms with Crippen LogP contribution in [0.2, 0.25) is 0 Å². The minimum absolute atomic E-state index is 0.255. The number of halogens is 2. The molecule has 128 valence electrons. The molecule has 4 aromatic rings. The molecule has 0 atom stereocenters. The van der Waals surface area contributed by atoms with Gasteiger partial charge in [0.15, 0.2) is 11.6 Å². The van der Waals surface area contributed by atoms with Crippen molar-refractivity contribution < 1.29 is 4.39 Å². The van der Waals surface area contributed by atoms with E-state index in [-0.39, 0.29) is 5.52 Å². The van der Waals surface area contributed by atoms with Crippen molar-refractivity contribution in [2.75, 3.05) is 5.32 Å². The van der Waals surface area contributed by atoms with E-state index in [1.807, 2.05) is 24.3 Å². The van der Waals surface area contributed by atoms with Gasteiger partial charge in [0.1, 0.15) is 11.3 Å². The molecule has 26 heavy (non-hydrogen) atoms. The van der Waals surface area contributed by atoms with Crippen LogP contribution in [0.25, 0.3) is 22.3 Å². The second kappa shape index (κ2) is 7.13. The molecule has 3 aromatic heterocycles. The predicted molar refractivity (Wildman–Crippen MR) is 102 cm³/mol. The number of hydrogen-bond acceptors (Lipinski definition) is 5. The van der Waals surface area contributed by atoms with Crippen molar-refractivity contribution in [2.24, 2.45) is 0 Å². The summed E-state index contributed by atoms with van der Waals surface area (Å²) in [7, 11) is 0. The summed E-state index contributed by atoms with van der Waals surface area (Å²) in [6, 6.07) is 12.5. The van der Waals surface area contributed by atoms with Crippen LogP contribution in [-0.2, 0) is 6.54 Å². The maximum Gasteiger partial charge on any atom is 0.163 e. The second-order valence-electron chi connectivity index (χ2n) is 5.60. The Morgan fingerprint density at radius 2 is 1.96 bits per heavy atom. The molecule has 1 aromatic carbocycles. The summed E-state index contributed by atoms with van der Waals surface area (Å²) < 4.78 is 15.1. The molecule has 0 saturated carbocycles. The SMILES string of the molecule is Fc1cc(Br)cc2c(NCc3ccccn3)nc(-c3cccnc3)nc12. The lowest BCUT2D eigenvalue weighted by atomic mass is 10.2. The van der Waals surface area contributed by atoms with Gasteiger partial charge in [-0.05, 0) is 36.4 Å². The summed E-state index contributed by atoms with van der Waals surface area (Å²) in [6.45, 7) is 0.466. The number of hydrogen-bond donors (Lipinski definition) is 1. The van der Waals surface area contributed by atoms with Crippen molar-refractivity contribution in [2.45, 2.75) is 6.54 Å². The summed E-state index contributed by atoms with van der Waals surface area (Å²) in [5.41, 5.74) is 1.83. The lowest BCUT2D eigenvalue weighted by Crippen LogP contribution is -2.06. The van der Waals surface area contributed by atoms with Gasteiger partial charge in [0.25, 0.3) is 0 Å². The van der Waals surface area contributed by atoms with E-state index in [1.54, 1.807) is 30.7 Å². The zero-order valence-corrected chi connectivity index (χ0v) is 15.1. The first kappa shape index (κ1) is 16.5. The van der Waals surface area contributed by atoms with Crippen molar-refractivity contribution in [3.8, 4) is 11.4 Å². The van der Waals surface area contributed by atoms with E-state index in [9.17, 15) is 4.39 Å². The first-order valence-corrected chi connectivity index (χ1v) is 8.71. The summed E-state index contributed by atoms with van der Waals surface area (Å²) in [4.78, 5) is 17.4. The van der Waals surface area contributed by atoms with E-state index in [0.717, 1.165) is 11.3 Å². The molecule has 0 radical (unpaired) electrons. The van der Waals surface area contributed by atoms with E-state index in [4.69, 9.17) is 0 Å². The van der Waals surface area contributed by atoms with Gasteiger partial charge in [-0.2, -0.15) is 0 Å². The standard InChI is InChI=1S/C19H13BrFN5/c20-13-8-15-17(16(21)9-13)25-18(12-4-3-6-22-10-12)26-19(15)24-11-14-5-1-2-7-23-14/h1-10H,11H2,(H,24,25,26). The van der Waals surface area contributed by atoms with Crippen LogP contribution >= 0.6 is 15.9 Å². The molecular formula is C19H13BrFN5. The Morgan fingerprint density at radius 1 is 1.04 bits per heavy atom. The normalized spacial score (nSPS) is 10.8. The van der Waals surface area contributed by atoms with Gasteiger partial charge < -0.3 is 5.32 Å². The molecular weight excluding hydrogens is 397 g/mol. The molecule has 0 saturated heterocycles. The molecule has 7 heteroatoms. The zero-order valence-electron chi connectivity index (χ0n) is 13.5. The van der Waals surface area contributed by atoms with Gasteiger partial charge in [0, 0.05) is 34.0 Å². The van der Waals surface area contributed by atoms with E-state index >= 15 is 0 Å². The van der Waals surface area contributed by atoms with Crippen LogP contribution in [0.3, 0.4) is 0 Å². The van der Waals surface area contributed by atoms with E-state index in [0.29, 0.717) is 28.0 Å². The number of benzene rings is 1. The molecule has 0 unspecified atom stereocenters. The van der Waals surface area contributed by atoms with Gasteiger partial charge in [0.05, 0.1) is 12.2 Å². The Labute approximate surface area is 157 Å². The minimum atomic E-state index is -0.414. The van der Waals surface area contributed by atoms with Crippen LogP contribution in [0.1, 0.15) is 5.69 Å². The van der Waals surface area contributed by atoms with Crippen LogP contribution in [0.5, 0.6) is 0 Å². The Morgan fingerprint density at radius 3 is 2.73 bits per heavy atom. The molecule has 0 aliphatic heterocycles. The van der Waals surface area contributed by atoms with E-state index in [1.165, 1.54) is 6.07 Å². The highest BCUT2D eigenvalue weighted by Gasteiger charge is 2.14. The third kappa shape index (κ3) is 3.39. The van der Waals surface area contributed by atoms with Gasteiger partial charge in [-0.25, -0.2) is 14.4 Å². The zero-order chi connectivity index (χ0) is 17.9. The Hall–Kier alpha value is -2.93. The van der Waals surface area contributed by atoms with E-state index in [2.05, 4.69) is 41.2 Å². The Kier molecular flexibility index (Phi) is 4.53. The van der Waals surface area contributed by atoms with Crippen molar-refractivity contribution in [3.05, 3.63) is 77.0 Å². The molecule has 3 heterocycles. The molecule has 0 aliphatic carbocycles. The van der Waals surface area contributed by atoms with Crippen molar-refractivity contribution >= 4 is 32.7 Å². The molecule has 0 fully saturated rings. The Balaban J connectivity index is 1.83. The smallest absolute Gasteiger partial charge is 0.163 e. The highest BCUT2D eigenvalue weighted by molar-refractivity contribution is 9.10. The lowest BCUT2D eigenvalue weighted by Gasteiger charge is -2.11. The third-order valence-corrected chi connectivity index (χ3v) is 4.26. The average Bonchev–Trinajstić information content (AvgIpc) is 2.68. The summed E-state index contributed by atoms with van der Waals surface area (Å²) in [5.74, 6) is 0.540. The maximum absolute atomic E-state index is 14.5.